The molecule has 0 bridgehead atoms. The Morgan fingerprint density at radius 3 is 2.74 bits per heavy atom. The molecule has 4 nitrogen and oxygen atoms in total. The van der Waals surface area contributed by atoms with Crippen LogP contribution in [0.2, 0.25) is 0 Å². The van der Waals surface area contributed by atoms with Crippen LogP contribution in [-0.4, -0.2) is 17.4 Å². The zero-order chi connectivity index (χ0) is 13.5. The maximum Gasteiger partial charge on any atom is 0.259 e. The van der Waals surface area contributed by atoms with Crippen LogP contribution in [-0.2, 0) is 0 Å². The highest BCUT2D eigenvalue weighted by atomic mass is 16.1. The van der Waals surface area contributed by atoms with Gasteiger partial charge in [0.25, 0.3) is 5.91 Å². The fourth-order valence-electron chi connectivity index (χ4n) is 1.71. The highest BCUT2D eigenvalue weighted by Crippen LogP contribution is 2.16. The minimum atomic E-state index is -0.155. The molecule has 0 spiro atoms. The number of pyridine rings is 1. The van der Waals surface area contributed by atoms with Crippen LogP contribution in [0.15, 0.2) is 48.8 Å². The standard InChI is InChI=1S/C15H17N3O/c1-2-9-17-14-8-10-16-11-13(14)15(19)18-12-6-4-3-5-7-12/h3-8,10-11H,2,9H2,1H3,(H,16,17)(H,18,19). The second-order valence-electron chi connectivity index (χ2n) is 4.17. The second kappa shape index (κ2) is 6.54. The second-order valence-corrected chi connectivity index (χ2v) is 4.17. The number of carbonyl (C=O) groups excluding carboxylic acids is 1. The van der Waals surface area contributed by atoms with Crippen molar-refractivity contribution in [3.8, 4) is 0 Å². The quantitative estimate of drug-likeness (QED) is 0.863. The van der Waals surface area contributed by atoms with E-state index in [1.807, 2.05) is 36.4 Å². The molecule has 0 saturated carbocycles. The Labute approximate surface area is 112 Å². The number of nitrogens with one attached hydrogen (secondary N) is 2. The summed E-state index contributed by atoms with van der Waals surface area (Å²) < 4.78 is 0. The van der Waals surface area contributed by atoms with Gasteiger partial charge in [0, 0.05) is 24.6 Å². The molecule has 98 valence electrons. The summed E-state index contributed by atoms with van der Waals surface area (Å²) >= 11 is 0. The van der Waals surface area contributed by atoms with Crippen molar-refractivity contribution in [2.75, 3.05) is 17.2 Å². The summed E-state index contributed by atoms with van der Waals surface area (Å²) in [7, 11) is 0. The van der Waals surface area contributed by atoms with Gasteiger partial charge in [0.1, 0.15) is 0 Å². The van der Waals surface area contributed by atoms with Crippen molar-refractivity contribution < 1.29 is 4.79 Å². The molecule has 0 aliphatic heterocycles. The van der Waals surface area contributed by atoms with Crippen molar-refractivity contribution >= 4 is 17.3 Å². The fourth-order valence-corrected chi connectivity index (χ4v) is 1.71. The largest absolute Gasteiger partial charge is 0.384 e. The average Bonchev–Trinajstić information content (AvgIpc) is 2.46. The molecule has 0 unspecified atom stereocenters. The molecule has 0 fully saturated rings. The summed E-state index contributed by atoms with van der Waals surface area (Å²) in [5.41, 5.74) is 2.14. The molecular weight excluding hydrogens is 238 g/mol. The first-order valence-corrected chi connectivity index (χ1v) is 6.35. The minimum Gasteiger partial charge on any atom is -0.384 e. The molecule has 4 heteroatoms. The van der Waals surface area contributed by atoms with Crippen molar-refractivity contribution in [1.29, 1.82) is 0 Å². The van der Waals surface area contributed by atoms with Gasteiger partial charge in [-0.1, -0.05) is 25.1 Å². The molecule has 0 radical (unpaired) electrons. The third-order valence-electron chi connectivity index (χ3n) is 2.66. The molecule has 0 aliphatic carbocycles. The molecule has 1 amide bonds. The van der Waals surface area contributed by atoms with Crippen molar-refractivity contribution in [1.82, 2.24) is 4.98 Å². The van der Waals surface area contributed by atoms with Gasteiger partial charge in [0.05, 0.1) is 11.3 Å². The minimum absolute atomic E-state index is 0.155. The smallest absolute Gasteiger partial charge is 0.259 e. The van der Waals surface area contributed by atoms with Gasteiger partial charge in [-0.25, -0.2) is 0 Å². The molecule has 2 aromatic rings. The summed E-state index contributed by atoms with van der Waals surface area (Å²) in [5, 5.41) is 6.08. The third kappa shape index (κ3) is 3.55. The Bertz CT molecular complexity index is 540. The van der Waals surface area contributed by atoms with E-state index in [0.717, 1.165) is 24.3 Å². The Morgan fingerprint density at radius 2 is 2.00 bits per heavy atom. The zero-order valence-corrected chi connectivity index (χ0v) is 10.9. The third-order valence-corrected chi connectivity index (χ3v) is 2.66. The van der Waals surface area contributed by atoms with E-state index in [1.165, 1.54) is 0 Å². The Hall–Kier alpha value is -2.36. The molecule has 2 N–H and O–H groups in total. The summed E-state index contributed by atoms with van der Waals surface area (Å²) in [6, 6.07) is 11.2. The molecular formula is C15H17N3O. The van der Waals surface area contributed by atoms with Crippen LogP contribution in [0.25, 0.3) is 0 Å². The molecule has 0 saturated heterocycles. The summed E-state index contributed by atoms with van der Waals surface area (Å²) in [6.07, 6.45) is 4.26. The number of aromatic nitrogens is 1. The molecule has 1 heterocycles. The van der Waals surface area contributed by atoms with Gasteiger partial charge in [-0.15, -0.1) is 0 Å². The van der Waals surface area contributed by atoms with Crippen LogP contribution >= 0.6 is 0 Å². The maximum atomic E-state index is 12.2. The normalized spacial score (nSPS) is 9.95. The molecule has 0 atom stereocenters. The van der Waals surface area contributed by atoms with Crippen LogP contribution in [0.5, 0.6) is 0 Å². The lowest BCUT2D eigenvalue weighted by Crippen LogP contribution is -2.15. The van der Waals surface area contributed by atoms with Crippen LogP contribution < -0.4 is 10.6 Å². The first kappa shape index (κ1) is 13.1. The van der Waals surface area contributed by atoms with Gasteiger partial charge >= 0.3 is 0 Å². The number of hydrogen-bond acceptors (Lipinski definition) is 3. The molecule has 2 rings (SSSR count). The van der Waals surface area contributed by atoms with Gasteiger partial charge in [-0.3, -0.25) is 9.78 Å². The van der Waals surface area contributed by atoms with Crippen molar-refractivity contribution in [2.24, 2.45) is 0 Å². The predicted octanol–water partition coefficient (Wildman–Crippen LogP) is 3.16. The Morgan fingerprint density at radius 1 is 1.21 bits per heavy atom. The number of rotatable bonds is 5. The Kier molecular flexibility index (Phi) is 4.50. The van der Waals surface area contributed by atoms with E-state index >= 15 is 0 Å². The zero-order valence-electron chi connectivity index (χ0n) is 10.9. The van der Waals surface area contributed by atoms with Crippen LogP contribution in [0.4, 0.5) is 11.4 Å². The molecule has 0 aliphatic rings. The van der Waals surface area contributed by atoms with Crippen LogP contribution in [0, 0.1) is 0 Å². The Balaban J connectivity index is 2.14. The van der Waals surface area contributed by atoms with Gasteiger partial charge in [-0.2, -0.15) is 0 Å². The lowest BCUT2D eigenvalue weighted by atomic mass is 10.2. The number of nitrogens with zero attached hydrogens (tertiary/aromatic N) is 1. The van der Waals surface area contributed by atoms with E-state index in [1.54, 1.807) is 12.4 Å². The summed E-state index contributed by atoms with van der Waals surface area (Å²) in [5.74, 6) is -0.155. The van der Waals surface area contributed by atoms with Gasteiger partial charge in [0.2, 0.25) is 0 Å². The van der Waals surface area contributed by atoms with Crippen LogP contribution in [0.1, 0.15) is 23.7 Å². The molecule has 19 heavy (non-hydrogen) atoms. The molecule has 1 aromatic carbocycles. The maximum absolute atomic E-state index is 12.2. The first-order chi connectivity index (χ1) is 9.31. The van der Waals surface area contributed by atoms with E-state index < -0.39 is 0 Å². The molecule has 1 aromatic heterocycles. The highest BCUT2D eigenvalue weighted by Gasteiger charge is 2.11. The highest BCUT2D eigenvalue weighted by molar-refractivity contribution is 6.07. The SMILES string of the molecule is CCCNc1ccncc1C(=O)Nc1ccccc1. The number of para-hydroxylation sites is 1. The topological polar surface area (TPSA) is 54.0 Å². The average molecular weight is 255 g/mol. The number of benzene rings is 1. The monoisotopic (exact) mass is 255 g/mol. The van der Waals surface area contributed by atoms with Crippen molar-refractivity contribution in [3.63, 3.8) is 0 Å². The van der Waals surface area contributed by atoms with E-state index in [2.05, 4.69) is 22.5 Å². The lowest BCUT2D eigenvalue weighted by Gasteiger charge is -2.11. The van der Waals surface area contributed by atoms with E-state index in [4.69, 9.17) is 0 Å². The van der Waals surface area contributed by atoms with E-state index in [0.29, 0.717) is 5.56 Å². The summed E-state index contributed by atoms with van der Waals surface area (Å²) in [6.45, 7) is 2.91. The van der Waals surface area contributed by atoms with Gasteiger partial charge < -0.3 is 10.6 Å². The van der Waals surface area contributed by atoms with E-state index in [9.17, 15) is 4.79 Å². The van der Waals surface area contributed by atoms with Crippen molar-refractivity contribution in [2.45, 2.75) is 13.3 Å². The van der Waals surface area contributed by atoms with Crippen LogP contribution in [0.3, 0.4) is 0 Å². The number of carbonyl (C=O) groups is 1. The van der Waals surface area contributed by atoms with Crippen molar-refractivity contribution in [3.05, 3.63) is 54.4 Å². The number of amides is 1. The first-order valence-electron chi connectivity index (χ1n) is 6.35. The fraction of sp³-hybridized carbons (Fsp3) is 0.200. The summed E-state index contributed by atoms with van der Waals surface area (Å²) in [4.78, 5) is 16.2. The predicted molar refractivity (Wildman–Crippen MR) is 77.4 cm³/mol. The number of anilines is 2. The van der Waals surface area contributed by atoms with Gasteiger partial charge in [0.15, 0.2) is 0 Å². The van der Waals surface area contributed by atoms with Gasteiger partial charge in [-0.05, 0) is 24.6 Å². The lowest BCUT2D eigenvalue weighted by molar-refractivity contribution is 0.102. The number of hydrogen-bond donors (Lipinski definition) is 2. The van der Waals surface area contributed by atoms with E-state index in [-0.39, 0.29) is 5.91 Å².